The van der Waals surface area contributed by atoms with Crippen molar-refractivity contribution in [3.05, 3.63) is 35.9 Å². The molecule has 0 aliphatic carbocycles. The fourth-order valence-electron chi connectivity index (χ4n) is 1.59. The van der Waals surface area contributed by atoms with Gasteiger partial charge >= 0.3 is 6.18 Å². The maximum Gasteiger partial charge on any atom is 0.467 e. The van der Waals surface area contributed by atoms with Crippen LogP contribution in [0.2, 0.25) is 0 Å². The molecular weight excluding hydrogens is 275 g/mol. The summed E-state index contributed by atoms with van der Waals surface area (Å²) in [5, 5.41) is 6.64. The van der Waals surface area contributed by atoms with Crippen molar-refractivity contribution in [1.82, 2.24) is 0 Å². The van der Waals surface area contributed by atoms with Gasteiger partial charge in [-0.3, -0.25) is 5.41 Å². The summed E-state index contributed by atoms with van der Waals surface area (Å²) in [5.41, 5.74) is 1.01. The van der Waals surface area contributed by atoms with Gasteiger partial charge in [0.15, 0.2) is 0 Å². The van der Waals surface area contributed by atoms with Crippen molar-refractivity contribution in [1.29, 1.82) is 5.41 Å². The van der Waals surface area contributed by atoms with Crippen LogP contribution in [0.4, 0.5) is 13.2 Å². The van der Waals surface area contributed by atoms with Gasteiger partial charge in [-0.1, -0.05) is 30.3 Å². The molecule has 1 fully saturated rings. The molecule has 7 heteroatoms. The van der Waals surface area contributed by atoms with Gasteiger partial charge in [-0.15, -0.1) is 0 Å². The van der Waals surface area contributed by atoms with Gasteiger partial charge in [0.05, 0.1) is 13.2 Å². The largest absolute Gasteiger partial charge is 0.472 e. The Morgan fingerprint density at radius 2 is 1.80 bits per heavy atom. The Balaban J connectivity index is 1.58. The first-order chi connectivity index (χ1) is 9.47. The predicted octanol–water partition coefficient (Wildman–Crippen LogP) is 2.53. The van der Waals surface area contributed by atoms with Crippen LogP contribution in [0.3, 0.4) is 0 Å². The quantitative estimate of drug-likeness (QED) is 0.497. The Morgan fingerprint density at radius 1 is 1.15 bits per heavy atom. The number of rotatable bonds is 6. The number of hydrogen-bond donors (Lipinski definition) is 1. The van der Waals surface area contributed by atoms with Crippen molar-refractivity contribution in [2.24, 2.45) is 0 Å². The van der Waals surface area contributed by atoms with Gasteiger partial charge in [0.2, 0.25) is 0 Å². The molecule has 110 valence electrons. The van der Waals surface area contributed by atoms with Crippen LogP contribution in [0.5, 0.6) is 0 Å². The molecule has 1 heterocycles. The molecule has 0 amide bonds. The fraction of sp³-hybridized carbons (Fsp3) is 0.462. The lowest BCUT2D eigenvalue weighted by molar-refractivity contribution is -0.0798. The Kier molecular flexibility index (Phi) is 4.61. The normalized spacial score (nSPS) is 21.6. The number of hydrogen-bond acceptors (Lipinski definition) is 4. The number of halogens is 3. The van der Waals surface area contributed by atoms with Crippen molar-refractivity contribution in [3.8, 4) is 0 Å². The van der Waals surface area contributed by atoms with Crippen molar-refractivity contribution < 1.29 is 27.4 Å². The van der Waals surface area contributed by atoms with Gasteiger partial charge in [-0.25, -0.2) is 0 Å². The molecule has 0 radical (unpaired) electrons. The van der Waals surface area contributed by atoms with Crippen LogP contribution in [0.25, 0.3) is 0 Å². The van der Waals surface area contributed by atoms with Crippen LogP contribution in [0, 0.1) is 5.41 Å². The van der Waals surface area contributed by atoms with Crippen LogP contribution in [0.1, 0.15) is 5.56 Å². The van der Waals surface area contributed by atoms with E-state index in [1.165, 1.54) is 0 Å². The Hall–Kier alpha value is -1.60. The highest BCUT2D eigenvalue weighted by Crippen LogP contribution is 2.24. The van der Waals surface area contributed by atoms with Gasteiger partial charge in [0.1, 0.15) is 18.8 Å². The van der Waals surface area contributed by atoms with Crippen LogP contribution in [-0.2, 0) is 20.8 Å². The summed E-state index contributed by atoms with van der Waals surface area (Å²) in [6.07, 6.45) is -5.44. The molecule has 1 N–H and O–H groups in total. The molecule has 4 nitrogen and oxygen atoms in total. The Morgan fingerprint density at radius 3 is 2.45 bits per heavy atom. The lowest BCUT2D eigenvalue weighted by Crippen LogP contribution is -2.26. The zero-order valence-electron chi connectivity index (χ0n) is 10.5. The van der Waals surface area contributed by atoms with E-state index in [9.17, 15) is 13.2 Å². The van der Waals surface area contributed by atoms with E-state index in [0.717, 1.165) is 5.56 Å². The minimum atomic E-state index is -4.74. The van der Waals surface area contributed by atoms with Crippen LogP contribution < -0.4 is 0 Å². The fourth-order valence-corrected chi connectivity index (χ4v) is 1.59. The Labute approximate surface area is 114 Å². The molecule has 1 aromatic carbocycles. The molecule has 0 aromatic heterocycles. The number of epoxide rings is 1. The molecule has 0 spiro atoms. The molecule has 2 rings (SSSR count). The third-order valence-corrected chi connectivity index (χ3v) is 2.73. The van der Waals surface area contributed by atoms with Crippen LogP contribution in [0.15, 0.2) is 30.3 Å². The van der Waals surface area contributed by atoms with E-state index in [1.807, 2.05) is 30.3 Å². The van der Waals surface area contributed by atoms with Gasteiger partial charge in [0.25, 0.3) is 5.90 Å². The summed E-state index contributed by atoms with van der Waals surface area (Å²) in [6, 6.07) is 9.52. The Bertz CT molecular complexity index is 450. The number of nitrogens with one attached hydrogen (secondary N) is 1. The topological polar surface area (TPSA) is 54.8 Å². The average molecular weight is 289 g/mol. The van der Waals surface area contributed by atoms with Crippen molar-refractivity contribution in [2.75, 3.05) is 13.2 Å². The molecular formula is C13H14F3NO3. The highest BCUT2D eigenvalue weighted by molar-refractivity contribution is 5.78. The number of benzene rings is 1. The predicted molar refractivity (Wildman–Crippen MR) is 64.5 cm³/mol. The molecule has 0 saturated carbocycles. The van der Waals surface area contributed by atoms with Gasteiger partial charge < -0.3 is 14.2 Å². The number of alkyl halides is 3. The van der Waals surface area contributed by atoms with E-state index < -0.39 is 18.2 Å². The maximum absolute atomic E-state index is 12.0. The zero-order chi connectivity index (χ0) is 14.6. The highest BCUT2D eigenvalue weighted by atomic mass is 19.4. The minimum Gasteiger partial charge on any atom is -0.472 e. The van der Waals surface area contributed by atoms with E-state index in [0.29, 0.717) is 13.2 Å². The molecule has 0 bridgehead atoms. The molecule has 1 saturated heterocycles. The molecule has 1 aromatic rings. The first kappa shape index (κ1) is 14.8. The summed E-state index contributed by atoms with van der Waals surface area (Å²) in [7, 11) is 0. The lowest BCUT2D eigenvalue weighted by atomic mass is 10.2. The van der Waals surface area contributed by atoms with E-state index >= 15 is 0 Å². The SMILES string of the molecule is N=C(OC[C@@H]1O[C@@H]1COCc1ccccc1)C(F)(F)F. The second kappa shape index (κ2) is 6.23. The second-order valence-electron chi connectivity index (χ2n) is 4.35. The van der Waals surface area contributed by atoms with Gasteiger partial charge in [-0.05, 0) is 5.56 Å². The monoisotopic (exact) mass is 289 g/mol. The van der Waals surface area contributed by atoms with E-state index in [2.05, 4.69) is 4.74 Å². The van der Waals surface area contributed by atoms with E-state index in [4.69, 9.17) is 14.9 Å². The van der Waals surface area contributed by atoms with Crippen molar-refractivity contribution in [3.63, 3.8) is 0 Å². The zero-order valence-corrected chi connectivity index (χ0v) is 10.5. The summed E-state index contributed by atoms with van der Waals surface area (Å²) in [5.74, 6) is -1.70. The van der Waals surface area contributed by atoms with Crippen LogP contribution >= 0.6 is 0 Å². The summed E-state index contributed by atoms with van der Waals surface area (Å²) < 4.78 is 50.8. The molecule has 1 aliphatic rings. The second-order valence-corrected chi connectivity index (χ2v) is 4.35. The highest BCUT2D eigenvalue weighted by Gasteiger charge is 2.42. The first-order valence-electron chi connectivity index (χ1n) is 6.02. The first-order valence-corrected chi connectivity index (χ1v) is 6.02. The van der Waals surface area contributed by atoms with Gasteiger partial charge in [0, 0.05) is 0 Å². The number of ether oxygens (including phenoxy) is 3. The van der Waals surface area contributed by atoms with Crippen molar-refractivity contribution in [2.45, 2.75) is 25.0 Å². The molecule has 20 heavy (non-hydrogen) atoms. The molecule has 1 aliphatic heterocycles. The third-order valence-electron chi connectivity index (χ3n) is 2.73. The minimum absolute atomic E-state index is 0.264. The average Bonchev–Trinajstić information content (AvgIpc) is 3.15. The standard InChI is InChI=1S/C13H14F3NO3/c14-13(15,16)12(17)19-8-11-10(20-11)7-18-6-9-4-2-1-3-5-9/h1-5,10-11,17H,6-8H2/t10-,11+/m1/s1. The summed E-state index contributed by atoms with van der Waals surface area (Å²) in [4.78, 5) is 0. The smallest absolute Gasteiger partial charge is 0.467 e. The summed E-state index contributed by atoms with van der Waals surface area (Å²) in [6.45, 7) is 0.437. The van der Waals surface area contributed by atoms with Crippen LogP contribution in [-0.4, -0.2) is 37.5 Å². The summed E-state index contributed by atoms with van der Waals surface area (Å²) >= 11 is 0. The third kappa shape index (κ3) is 4.50. The van der Waals surface area contributed by atoms with Gasteiger partial charge in [-0.2, -0.15) is 13.2 Å². The maximum atomic E-state index is 12.0. The van der Waals surface area contributed by atoms with E-state index in [-0.39, 0.29) is 12.7 Å². The molecule has 2 atom stereocenters. The van der Waals surface area contributed by atoms with E-state index in [1.54, 1.807) is 0 Å². The lowest BCUT2D eigenvalue weighted by Gasteiger charge is -2.08. The van der Waals surface area contributed by atoms with Crippen molar-refractivity contribution >= 4 is 5.90 Å². The molecule has 0 unspecified atom stereocenters.